The zero-order valence-electron chi connectivity index (χ0n) is 86.0. The number of amides is 1. The molecular formula is C93H179NO49. The molecule has 9 fully saturated rings. The fraction of sp³-hybridized carbons (Fsp3) is 0.989. The van der Waals surface area contributed by atoms with Crippen LogP contribution >= 0.6 is 0 Å². The van der Waals surface area contributed by atoms with Gasteiger partial charge < -0.3 is 244 Å². The van der Waals surface area contributed by atoms with E-state index in [1.54, 1.807) is 6.92 Å². The van der Waals surface area contributed by atoms with E-state index in [1.165, 1.54) is 6.92 Å². The lowest BCUT2D eigenvalue weighted by Gasteiger charge is -2.46. The van der Waals surface area contributed by atoms with Crippen LogP contribution < -0.4 is 5.32 Å². The second-order valence-corrected chi connectivity index (χ2v) is 44.9. The van der Waals surface area contributed by atoms with Crippen LogP contribution in [0.1, 0.15) is 183 Å². The van der Waals surface area contributed by atoms with Crippen molar-refractivity contribution in [2.24, 2.45) is 38.4 Å². The van der Waals surface area contributed by atoms with Crippen LogP contribution in [0.3, 0.4) is 0 Å². The molecule has 143 heavy (non-hydrogen) atoms. The zero-order chi connectivity index (χ0) is 109. The molecule has 0 aromatic carbocycles. The summed E-state index contributed by atoms with van der Waals surface area (Å²) >= 11 is 0. The predicted molar refractivity (Wildman–Crippen MR) is 494 cm³/mol. The SMILES string of the molecule is CC(=O)N[C@H]1[C@@H](OCCC(C)(C)C)O[C@H](CO)[C@@H](O)[C@@H]1O.CC(C)(C)CCO[C@H]1O[C@H](CO)[C@@H](O)[C@H](O)[C@@H]1O.CC(C)(C)CCO[C@H]1O[C@H](CO)[C@@H](O)[C@H](O)[C@@H]1O[C@H]1O[C@H](CO)[C@@H](O)[C@H](O)[C@@H]1O.CC(C)(C)CCO[C@H]1O[C@H](CO)[C@@H](O)[C@H](O)[C@H]1O.CC(C)(C)CCO[C@H]1O[C@H](CO[C@H]2C[C@H](CO)[C@@H](O)[C@H](O)[C@@H]2O)[C@@H](O)[C@H](O[C@H]2O[C@H](CO)[C@@H](O)[C@H](O)[C@@H]2O)[C@@H]1O.C[C@@H]1O[C@H](OCCC(C)(C)C)[C@@H](O)[C@H](O)[C@@H]1O. The summed E-state index contributed by atoms with van der Waals surface area (Å²) in [6, 6.07) is -0.875. The Morgan fingerprint density at radius 2 is 0.503 bits per heavy atom. The van der Waals surface area contributed by atoms with Crippen LogP contribution in [0.15, 0.2) is 0 Å². The van der Waals surface area contributed by atoms with E-state index in [9.17, 15) is 153 Å². The maximum atomic E-state index is 11.2. The Kier molecular flexibility index (Phi) is 56.1. The van der Waals surface area contributed by atoms with Crippen molar-refractivity contribution in [3.05, 3.63) is 0 Å². The lowest BCUT2D eigenvalue weighted by molar-refractivity contribution is -0.367. The molecule has 8 heterocycles. The molecule has 1 aliphatic carbocycles. The number of carbonyl (C=O) groups is 1. The molecule has 8 saturated heterocycles. The number of nitrogens with one attached hydrogen (secondary N) is 1. The summed E-state index contributed by atoms with van der Waals surface area (Å²) in [6.07, 6.45) is -52.3. The number of hydrogen-bond donors (Lipinski definition) is 32. The first-order valence-electron chi connectivity index (χ1n) is 48.8. The number of carbonyl (C=O) groups excluding carboxylic acids is 1. The standard InChI is InChI=1S/C25H46O15.C18H34O11.C14H27NO6.2C12H24O6.C12H24O5/c1-25(2,3)4-5-36-23-21(35)22(40-24-20(34)19(33)16(30)12(8-27)38-24)17(31)13(39-23)9-37-11-6-10(7-26)14(28)18(32)15(11)29;1-18(2,3)4-5-26-17-15(13(24)11(22)9(7-20)28-17)29-16-14(25)12(23)10(21)8(6-19)27-16;1-8(17)15-10-12(19)11(18)9(7-16)21-13(10)20-6-5-14(2,3)4;2*1-12(2,3)4-5-17-11-10(16)9(15)8(14)7(6-13)18-11;1-7-8(13)9(14)10(15)11(17-7)16-6-5-12(2,3)4/h10-24,26-35H,4-9H2,1-3H3;8-17,19-25H,4-7H2,1-3H3;9-13,16,18-19H,5-7H2,1-4H3,(H,15,17);2*7-11,13-16H,4-6H2,1-3H3;7-11,13-15H,5-6H2,1-4H3/t10-,11+,12-,13-,14-,15-,16-,17-,18+,19+,20+,21+,22+,23+,24-;8-,9-,10-,11-,12+,13+,14+,15+,16-,17+;9-,10-,11-,12-,13+;7-,8-,9+,10+,11+;7-,8-,9+,10-,11+;7-,8+,9+,10-,11-/m111110/s1. The third-order valence-corrected chi connectivity index (χ3v) is 25.1. The summed E-state index contributed by atoms with van der Waals surface area (Å²) in [5.41, 5.74) is 0.245. The first-order valence-corrected chi connectivity index (χ1v) is 48.8. The molecule has 0 aromatic heterocycles. The van der Waals surface area contributed by atoms with Crippen LogP contribution in [0.2, 0.25) is 0 Å². The van der Waals surface area contributed by atoms with Gasteiger partial charge in [0.1, 0.15) is 201 Å². The van der Waals surface area contributed by atoms with Crippen molar-refractivity contribution < 1.29 is 244 Å². The molecule has 50 heteroatoms. The summed E-state index contributed by atoms with van der Waals surface area (Å²) in [6.45, 7) is 37.6. The highest BCUT2D eigenvalue weighted by Gasteiger charge is 2.56. The minimum atomic E-state index is -1.80. The Hall–Kier alpha value is -2.45. The smallest absolute Gasteiger partial charge is 0.217 e. The Balaban J connectivity index is 0.000000370. The zero-order valence-corrected chi connectivity index (χ0v) is 86.0. The highest BCUT2D eigenvalue weighted by Crippen LogP contribution is 2.38. The van der Waals surface area contributed by atoms with Gasteiger partial charge in [-0.25, -0.2) is 0 Å². The van der Waals surface area contributed by atoms with Gasteiger partial charge in [-0.2, -0.15) is 0 Å². The molecule has 45 atom stereocenters. The average molecular weight is 2100 g/mol. The van der Waals surface area contributed by atoms with Crippen LogP contribution in [0, 0.1) is 38.4 Å². The third kappa shape index (κ3) is 42.1. The first kappa shape index (κ1) is 133. The van der Waals surface area contributed by atoms with Crippen molar-refractivity contribution >= 4 is 5.91 Å². The van der Waals surface area contributed by atoms with E-state index < -0.39 is 329 Å². The number of aliphatic hydroxyl groups excluding tert-OH is 31. The maximum Gasteiger partial charge on any atom is 0.217 e. The minimum Gasteiger partial charge on any atom is -0.396 e. The lowest BCUT2D eigenvalue weighted by atomic mass is 9.81. The van der Waals surface area contributed by atoms with Gasteiger partial charge in [0.15, 0.2) is 50.3 Å². The Morgan fingerprint density at radius 1 is 0.252 bits per heavy atom. The van der Waals surface area contributed by atoms with E-state index in [1.807, 2.05) is 41.5 Å². The third-order valence-electron chi connectivity index (χ3n) is 25.1. The molecular weight excluding hydrogens is 1910 g/mol. The van der Waals surface area contributed by atoms with Crippen molar-refractivity contribution in [2.45, 2.75) is 453 Å². The van der Waals surface area contributed by atoms with Crippen molar-refractivity contribution in [3.63, 3.8) is 0 Å². The summed E-state index contributed by atoms with van der Waals surface area (Å²) in [7, 11) is 0. The van der Waals surface area contributed by atoms with E-state index in [-0.39, 0.29) is 58.0 Å². The molecule has 1 amide bonds. The molecule has 50 nitrogen and oxygen atoms in total. The molecule has 32 N–H and O–H groups in total. The van der Waals surface area contributed by atoms with Gasteiger partial charge in [0, 0.05) is 19.4 Å². The van der Waals surface area contributed by atoms with Crippen LogP contribution in [0.4, 0.5) is 0 Å². The van der Waals surface area contributed by atoms with Gasteiger partial charge >= 0.3 is 0 Å². The van der Waals surface area contributed by atoms with Gasteiger partial charge in [-0.3, -0.25) is 4.79 Å². The normalized spacial score (nSPS) is 41.2. The molecule has 1 saturated carbocycles. The van der Waals surface area contributed by atoms with Crippen LogP contribution in [0.5, 0.6) is 0 Å². The van der Waals surface area contributed by atoms with Crippen LogP contribution in [-0.2, 0) is 85.3 Å². The summed E-state index contributed by atoms with van der Waals surface area (Å²) in [5.74, 6) is -1.13. The van der Waals surface area contributed by atoms with Gasteiger partial charge in [0.2, 0.25) is 5.91 Å². The van der Waals surface area contributed by atoms with Crippen molar-refractivity contribution in [2.75, 3.05) is 92.5 Å². The molecule has 9 rings (SSSR count). The molecule has 8 aliphatic heterocycles. The Morgan fingerprint density at radius 3 is 0.825 bits per heavy atom. The lowest BCUT2D eigenvalue weighted by Crippen LogP contribution is -2.65. The first-order chi connectivity index (χ1) is 66.1. The average Bonchev–Trinajstić information content (AvgIpc) is 0.780. The fourth-order valence-corrected chi connectivity index (χ4v) is 15.3. The highest BCUT2D eigenvalue weighted by molar-refractivity contribution is 5.73. The van der Waals surface area contributed by atoms with Crippen molar-refractivity contribution in [1.82, 2.24) is 5.32 Å². The second-order valence-electron chi connectivity index (χ2n) is 44.9. The molecule has 0 aromatic rings. The van der Waals surface area contributed by atoms with E-state index in [0.29, 0.717) is 39.3 Å². The van der Waals surface area contributed by atoms with E-state index >= 15 is 0 Å². The summed E-state index contributed by atoms with van der Waals surface area (Å²) in [5, 5.41) is 308. The molecule has 0 spiro atoms. The second kappa shape index (κ2) is 60.4. The largest absolute Gasteiger partial charge is 0.396 e. The number of aliphatic hydroxyl groups is 31. The van der Waals surface area contributed by atoms with Crippen molar-refractivity contribution in [3.8, 4) is 0 Å². The maximum absolute atomic E-state index is 11.2. The predicted octanol–water partition coefficient (Wildman–Crippen LogP) is -9.26. The van der Waals surface area contributed by atoms with E-state index in [2.05, 4.69) is 88.4 Å². The summed E-state index contributed by atoms with van der Waals surface area (Å²) in [4.78, 5) is 11.2. The van der Waals surface area contributed by atoms with Gasteiger partial charge in [-0.1, -0.05) is 125 Å². The van der Waals surface area contributed by atoms with Crippen molar-refractivity contribution in [1.29, 1.82) is 0 Å². The number of rotatable bonds is 33. The molecule has 9 aliphatic rings. The van der Waals surface area contributed by atoms with Gasteiger partial charge in [-0.15, -0.1) is 0 Å². The molecule has 0 unspecified atom stereocenters. The van der Waals surface area contributed by atoms with E-state index in [4.69, 9.17) is 90.7 Å². The minimum absolute atomic E-state index is 0.00234. The summed E-state index contributed by atoms with van der Waals surface area (Å²) < 4.78 is 93.3. The van der Waals surface area contributed by atoms with Crippen LogP contribution in [-0.4, -0.2) is 527 Å². The van der Waals surface area contributed by atoms with Gasteiger partial charge in [-0.05, 0) is 84.4 Å². The topological polar surface area (TPSA) is 813 Å². The van der Waals surface area contributed by atoms with Gasteiger partial charge in [0.25, 0.3) is 0 Å². The Labute approximate surface area is 836 Å². The quantitative estimate of drug-likeness (QED) is 0.0290. The molecule has 0 bridgehead atoms. The van der Waals surface area contributed by atoms with Gasteiger partial charge in [0.05, 0.1) is 104 Å². The number of hydrogen-bond acceptors (Lipinski definition) is 49. The van der Waals surface area contributed by atoms with E-state index in [0.717, 1.165) is 25.7 Å². The Bertz CT molecular complexity index is 3370. The van der Waals surface area contributed by atoms with Crippen LogP contribution in [0.25, 0.3) is 0 Å². The highest BCUT2D eigenvalue weighted by atomic mass is 16.8. The fourth-order valence-electron chi connectivity index (χ4n) is 15.3. The molecule has 0 radical (unpaired) electrons. The number of ether oxygens (including phenoxy) is 17. The monoisotopic (exact) mass is 2090 g/mol. The molecule has 850 valence electrons.